The van der Waals surface area contributed by atoms with Crippen LogP contribution in [0.2, 0.25) is 5.02 Å². The number of hydrogen-bond donors (Lipinski definition) is 1. The van der Waals surface area contributed by atoms with Crippen LogP contribution < -0.4 is 0 Å². The van der Waals surface area contributed by atoms with Crippen LogP contribution in [0.4, 0.5) is 22.0 Å². The highest BCUT2D eigenvalue weighted by atomic mass is 35.5. The van der Waals surface area contributed by atoms with E-state index < -0.39 is 40.5 Å². The Labute approximate surface area is 236 Å². The summed E-state index contributed by atoms with van der Waals surface area (Å²) in [5.74, 6) is -1.68. The first-order chi connectivity index (χ1) is 19.0. The van der Waals surface area contributed by atoms with E-state index in [-0.39, 0.29) is 36.1 Å². The van der Waals surface area contributed by atoms with Crippen LogP contribution in [0.3, 0.4) is 0 Å². The van der Waals surface area contributed by atoms with Crippen molar-refractivity contribution in [3.05, 3.63) is 101 Å². The Morgan fingerprint density at radius 1 is 1.18 bits per heavy atom. The zero-order valence-corrected chi connectivity index (χ0v) is 22.6. The fourth-order valence-electron chi connectivity index (χ4n) is 4.15. The lowest BCUT2D eigenvalue weighted by atomic mass is 9.90. The smallest absolute Gasteiger partial charge is 0.382 e. The Morgan fingerprint density at radius 3 is 2.48 bits per heavy atom. The Morgan fingerprint density at radius 2 is 1.88 bits per heavy atom. The van der Waals surface area contributed by atoms with Gasteiger partial charge < -0.3 is 14.6 Å². The molecule has 0 amide bonds. The third-order valence-electron chi connectivity index (χ3n) is 6.22. The lowest BCUT2D eigenvalue weighted by Crippen LogP contribution is -2.43. The van der Waals surface area contributed by atoms with E-state index in [1.165, 1.54) is 71.6 Å². The number of benzene rings is 2. The molecule has 1 saturated heterocycles. The monoisotopic (exact) mass is 601 g/mol. The lowest BCUT2D eigenvalue weighted by molar-refractivity contribution is -0.146. The second-order valence-corrected chi connectivity index (χ2v) is 11.1. The van der Waals surface area contributed by atoms with Crippen molar-refractivity contribution in [2.75, 3.05) is 13.2 Å². The van der Waals surface area contributed by atoms with Gasteiger partial charge in [-0.2, -0.15) is 18.3 Å². The second-order valence-electron chi connectivity index (χ2n) is 9.05. The van der Waals surface area contributed by atoms with Gasteiger partial charge in [0.2, 0.25) is 0 Å². The number of allylic oxidation sites excluding steroid dienone is 3. The van der Waals surface area contributed by atoms with Crippen molar-refractivity contribution < 1.29 is 36.5 Å². The number of alkyl halides is 3. The van der Waals surface area contributed by atoms with Crippen LogP contribution in [0.5, 0.6) is 0 Å². The third-order valence-corrected chi connectivity index (χ3v) is 7.93. The van der Waals surface area contributed by atoms with Crippen molar-refractivity contribution in [3.8, 4) is 0 Å². The molecule has 1 N–H and O–H groups in total. The summed E-state index contributed by atoms with van der Waals surface area (Å²) in [5, 5.41) is 15.0. The van der Waals surface area contributed by atoms with Gasteiger partial charge in [-0.05, 0) is 35.9 Å². The molecule has 40 heavy (non-hydrogen) atoms. The average Bonchev–Trinajstić information content (AvgIpc) is 3.40. The zero-order chi connectivity index (χ0) is 28.9. The van der Waals surface area contributed by atoms with E-state index >= 15 is 0 Å². The summed E-state index contributed by atoms with van der Waals surface area (Å²) in [6, 6.07) is 8.29. The summed E-state index contributed by atoms with van der Waals surface area (Å²) >= 11 is 7.05. The van der Waals surface area contributed by atoms with E-state index in [2.05, 4.69) is 10.1 Å². The van der Waals surface area contributed by atoms with Gasteiger partial charge in [-0.3, -0.25) is 0 Å². The van der Waals surface area contributed by atoms with Crippen LogP contribution in [0.25, 0.3) is 5.57 Å². The molecule has 2 aromatic carbocycles. The maximum Gasteiger partial charge on any atom is 0.416 e. The Balaban J connectivity index is 1.41. The van der Waals surface area contributed by atoms with Crippen LogP contribution in [0.1, 0.15) is 18.1 Å². The first kappa shape index (κ1) is 30.2. The van der Waals surface area contributed by atoms with Gasteiger partial charge in [0.25, 0.3) is 0 Å². The number of aliphatic hydroxyl groups is 1. The van der Waals surface area contributed by atoms with E-state index in [0.29, 0.717) is 11.1 Å². The lowest BCUT2D eigenvalue weighted by Gasteiger charge is -2.37. The van der Waals surface area contributed by atoms with E-state index in [1.54, 1.807) is 6.92 Å². The zero-order valence-electron chi connectivity index (χ0n) is 21.1. The van der Waals surface area contributed by atoms with Crippen molar-refractivity contribution >= 4 is 28.9 Å². The van der Waals surface area contributed by atoms with Crippen molar-refractivity contribution in [1.82, 2.24) is 14.8 Å². The Kier molecular flexibility index (Phi) is 9.68. The van der Waals surface area contributed by atoms with Crippen LogP contribution >= 0.6 is 23.4 Å². The molecule has 0 saturated carbocycles. The number of aromatic nitrogens is 3. The fourth-order valence-corrected chi connectivity index (χ4v) is 5.60. The molecule has 13 heteroatoms. The summed E-state index contributed by atoms with van der Waals surface area (Å²) in [6.07, 6.45) is 0.689. The normalized spacial score (nSPS) is 20.9. The first-order valence-corrected chi connectivity index (χ1v) is 13.4. The topological polar surface area (TPSA) is 69.4 Å². The highest BCUT2D eigenvalue weighted by molar-refractivity contribution is 8.00. The van der Waals surface area contributed by atoms with Gasteiger partial charge in [-0.15, -0.1) is 11.8 Å². The molecule has 214 valence electrons. The minimum Gasteiger partial charge on any atom is -0.382 e. The predicted molar refractivity (Wildman–Crippen MR) is 141 cm³/mol. The third kappa shape index (κ3) is 7.49. The number of ether oxygens (including phenoxy) is 2. The molecule has 0 spiro atoms. The van der Waals surface area contributed by atoms with Gasteiger partial charge in [0, 0.05) is 21.9 Å². The van der Waals surface area contributed by atoms with Gasteiger partial charge in [-0.1, -0.05) is 42.8 Å². The number of nitrogens with zero attached hydrogens (tertiary/aromatic N) is 3. The van der Waals surface area contributed by atoms with Gasteiger partial charge in [0.05, 0.1) is 30.6 Å². The summed E-state index contributed by atoms with van der Waals surface area (Å²) < 4.78 is 81.6. The predicted octanol–water partition coefficient (Wildman–Crippen LogP) is 6.16. The SMILES string of the molecule is C[C@@H](S[C@H]1CO[C@H](/C=C/C=C(/c2ccc(Cl)cc2)C(F)(F)F)OC1)[C@](O)(Cn1cncn1)c1ccc(F)cc1F. The Hall–Kier alpha value is -2.77. The molecule has 3 aromatic rings. The maximum atomic E-state index is 14.7. The quantitative estimate of drug-likeness (QED) is 0.234. The minimum absolute atomic E-state index is 0.0338. The fraction of sp³-hybridized carbons (Fsp3) is 0.333. The van der Waals surface area contributed by atoms with Gasteiger partial charge in [0.15, 0.2) is 6.29 Å². The molecular weight excluding hydrogens is 577 g/mol. The molecule has 1 aliphatic heterocycles. The van der Waals surface area contributed by atoms with Crippen molar-refractivity contribution in [1.29, 1.82) is 0 Å². The molecule has 0 aliphatic carbocycles. The van der Waals surface area contributed by atoms with E-state index in [1.807, 2.05) is 0 Å². The molecule has 2 atom stereocenters. The molecule has 1 aliphatic rings. The first-order valence-electron chi connectivity index (χ1n) is 12.1. The standard InChI is InChI=1S/C27H25ClF5N3O3S/c1-17(26(37,14-36-16-34-15-35-36)23-10-9-20(29)11-24(23)30)40-21-12-38-25(39-13-21)4-2-3-22(27(31,32)33)18-5-7-19(28)8-6-18/h2-11,15-17,21,25,37H,12-14H2,1H3/b4-2+,22-3-/t17-,21-,25-,26-/m1/s1. The van der Waals surface area contributed by atoms with Gasteiger partial charge >= 0.3 is 6.18 Å². The van der Waals surface area contributed by atoms with Crippen molar-refractivity contribution in [2.24, 2.45) is 0 Å². The molecule has 6 nitrogen and oxygen atoms in total. The van der Waals surface area contributed by atoms with Crippen molar-refractivity contribution in [2.45, 2.75) is 42.0 Å². The molecule has 0 bridgehead atoms. The number of thioether (sulfide) groups is 1. The second kappa shape index (κ2) is 12.8. The van der Waals surface area contributed by atoms with Gasteiger partial charge in [0.1, 0.15) is 29.9 Å². The Bertz CT molecular complexity index is 1330. The molecule has 2 heterocycles. The largest absolute Gasteiger partial charge is 0.416 e. The summed E-state index contributed by atoms with van der Waals surface area (Å²) in [6.45, 7) is 1.85. The molecule has 1 aromatic heterocycles. The van der Waals surface area contributed by atoms with Crippen LogP contribution in [-0.2, 0) is 21.6 Å². The minimum atomic E-state index is -4.59. The maximum absolute atomic E-state index is 14.7. The average molecular weight is 602 g/mol. The van der Waals surface area contributed by atoms with Crippen LogP contribution in [0.15, 0.2) is 73.3 Å². The van der Waals surface area contributed by atoms with Crippen LogP contribution in [-0.4, -0.2) is 56.1 Å². The summed E-state index contributed by atoms with van der Waals surface area (Å²) in [5.41, 5.74) is -2.78. The number of halogens is 6. The molecule has 1 fully saturated rings. The molecule has 4 rings (SSSR count). The highest BCUT2D eigenvalue weighted by Gasteiger charge is 2.41. The van der Waals surface area contributed by atoms with Gasteiger partial charge in [-0.25, -0.2) is 18.4 Å². The molecule has 0 radical (unpaired) electrons. The number of hydrogen-bond acceptors (Lipinski definition) is 6. The van der Waals surface area contributed by atoms with Crippen LogP contribution in [0, 0.1) is 11.6 Å². The summed E-state index contributed by atoms with van der Waals surface area (Å²) in [4.78, 5) is 3.85. The van der Waals surface area contributed by atoms with E-state index in [4.69, 9.17) is 21.1 Å². The summed E-state index contributed by atoms with van der Waals surface area (Å²) in [7, 11) is 0. The molecule has 0 unspecified atom stereocenters. The van der Waals surface area contributed by atoms with E-state index in [0.717, 1.165) is 12.1 Å². The number of rotatable bonds is 9. The highest BCUT2D eigenvalue weighted by Crippen LogP contribution is 2.39. The van der Waals surface area contributed by atoms with Crippen molar-refractivity contribution in [3.63, 3.8) is 0 Å². The van der Waals surface area contributed by atoms with E-state index in [9.17, 15) is 27.1 Å². The molecular formula is C27H25ClF5N3O3S.